The van der Waals surface area contributed by atoms with Crippen LogP contribution in [-0.2, 0) is 9.53 Å². The third-order valence-electron chi connectivity index (χ3n) is 2.82. The summed E-state index contributed by atoms with van der Waals surface area (Å²) in [7, 11) is 0. The van der Waals surface area contributed by atoms with Gasteiger partial charge in [0.25, 0.3) is 5.91 Å². The predicted molar refractivity (Wildman–Crippen MR) is 79.8 cm³/mol. The maximum Gasteiger partial charge on any atom is 0.340 e. The molecule has 6 heteroatoms. The van der Waals surface area contributed by atoms with Crippen LogP contribution in [0, 0.1) is 0 Å². The van der Waals surface area contributed by atoms with Crippen molar-refractivity contribution in [2.75, 3.05) is 11.9 Å². The standard InChI is InChI=1S/C16H17NO5/c1-3-20-11(2)16(19)22-13-8-6-12(7-9-13)17-15(18)14-5-4-10-21-14/h4-11H,3H2,1-2H3,(H,17,18)/t11-/m1/s1. The molecule has 1 aromatic carbocycles. The lowest BCUT2D eigenvalue weighted by Gasteiger charge is -2.11. The highest BCUT2D eigenvalue weighted by molar-refractivity contribution is 6.02. The van der Waals surface area contributed by atoms with Gasteiger partial charge in [0.15, 0.2) is 11.9 Å². The van der Waals surface area contributed by atoms with E-state index >= 15 is 0 Å². The Bertz CT molecular complexity index is 618. The number of carbonyl (C=O) groups is 2. The van der Waals surface area contributed by atoms with Crippen molar-refractivity contribution in [2.24, 2.45) is 0 Å². The van der Waals surface area contributed by atoms with E-state index in [1.807, 2.05) is 0 Å². The average Bonchev–Trinajstić information content (AvgIpc) is 3.04. The normalized spacial score (nSPS) is 11.7. The fraction of sp³-hybridized carbons (Fsp3) is 0.250. The van der Waals surface area contributed by atoms with Gasteiger partial charge in [-0.25, -0.2) is 4.79 Å². The molecule has 0 aliphatic carbocycles. The maximum atomic E-state index is 11.8. The van der Waals surface area contributed by atoms with Gasteiger partial charge in [-0.2, -0.15) is 0 Å². The second-order valence-corrected chi connectivity index (χ2v) is 4.47. The van der Waals surface area contributed by atoms with Crippen molar-refractivity contribution in [3.8, 4) is 5.75 Å². The minimum atomic E-state index is -0.622. The summed E-state index contributed by atoms with van der Waals surface area (Å²) in [6.45, 7) is 3.87. The second kappa shape index (κ2) is 7.42. The van der Waals surface area contributed by atoms with Gasteiger partial charge >= 0.3 is 5.97 Å². The Labute approximate surface area is 128 Å². The summed E-state index contributed by atoms with van der Waals surface area (Å²) in [5.41, 5.74) is 0.569. The van der Waals surface area contributed by atoms with Crippen LogP contribution in [0.2, 0.25) is 0 Å². The minimum absolute atomic E-state index is 0.223. The summed E-state index contributed by atoms with van der Waals surface area (Å²) in [6.07, 6.45) is 0.806. The molecule has 2 aromatic rings. The van der Waals surface area contributed by atoms with Gasteiger partial charge in [0.1, 0.15) is 5.75 Å². The van der Waals surface area contributed by atoms with Crippen molar-refractivity contribution >= 4 is 17.6 Å². The van der Waals surface area contributed by atoms with Crippen LogP contribution in [-0.4, -0.2) is 24.6 Å². The number of benzene rings is 1. The number of ether oxygens (including phenoxy) is 2. The van der Waals surface area contributed by atoms with Crippen molar-refractivity contribution < 1.29 is 23.5 Å². The van der Waals surface area contributed by atoms with Gasteiger partial charge in [-0.1, -0.05) is 0 Å². The Morgan fingerprint density at radius 3 is 2.55 bits per heavy atom. The van der Waals surface area contributed by atoms with Crippen molar-refractivity contribution in [1.82, 2.24) is 0 Å². The highest BCUT2D eigenvalue weighted by Crippen LogP contribution is 2.17. The van der Waals surface area contributed by atoms with E-state index in [0.29, 0.717) is 18.0 Å². The van der Waals surface area contributed by atoms with Crippen LogP contribution in [0.15, 0.2) is 47.1 Å². The third-order valence-corrected chi connectivity index (χ3v) is 2.82. The number of furan rings is 1. The number of esters is 1. The molecule has 6 nitrogen and oxygen atoms in total. The molecule has 0 aliphatic rings. The topological polar surface area (TPSA) is 77.8 Å². The molecule has 0 saturated heterocycles. The first kappa shape index (κ1) is 15.8. The van der Waals surface area contributed by atoms with E-state index in [-0.39, 0.29) is 11.7 Å². The highest BCUT2D eigenvalue weighted by atomic mass is 16.6. The van der Waals surface area contributed by atoms with Crippen LogP contribution in [0.4, 0.5) is 5.69 Å². The zero-order chi connectivity index (χ0) is 15.9. The zero-order valence-electron chi connectivity index (χ0n) is 12.4. The Morgan fingerprint density at radius 1 is 1.23 bits per heavy atom. The number of anilines is 1. The van der Waals surface area contributed by atoms with Crippen molar-refractivity contribution in [3.05, 3.63) is 48.4 Å². The molecule has 1 amide bonds. The molecule has 1 heterocycles. The van der Waals surface area contributed by atoms with Crippen molar-refractivity contribution in [3.63, 3.8) is 0 Å². The average molecular weight is 303 g/mol. The van der Waals surface area contributed by atoms with Gasteiger partial charge in [-0.05, 0) is 50.2 Å². The number of nitrogens with one attached hydrogen (secondary N) is 1. The van der Waals surface area contributed by atoms with E-state index in [4.69, 9.17) is 13.9 Å². The number of amides is 1. The summed E-state index contributed by atoms with van der Waals surface area (Å²) >= 11 is 0. The predicted octanol–water partition coefficient (Wildman–Crippen LogP) is 2.86. The van der Waals surface area contributed by atoms with E-state index in [9.17, 15) is 9.59 Å². The van der Waals surface area contributed by atoms with E-state index < -0.39 is 12.1 Å². The van der Waals surface area contributed by atoms with Gasteiger partial charge in [0.2, 0.25) is 0 Å². The number of rotatable bonds is 6. The fourth-order valence-corrected chi connectivity index (χ4v) is 1.72. The summed E-state index contributed by atoms with van der Waals surface area (Å²) in [4.78, 5) is 23.5. The highest BCUT2D eigenvalue weighted by Gasteiger charge is 2.15. The Balaban J connectivity index is 1.93. The summed E-state index contributed by atoms with van der Waals surface area (Å²) in [5.74, 6) is -0.206. The lowest BCUT2D eigenvalue weighted by molar-refractivity contribution is -0.145. The van der Waals surface area contributed by atoms with Crippen molar-refractivity contribution in [1.29, 1.82) is 0 Å². The molecule has 0 bridgehead atoms. The van der Waals surface area contributed by atoms with E-state index in [1.165, 1.54) is 6.26 Å². The van der Waals surface area contributed by atoms with Crippen LogP contribution < -0.4 is 10.1 Å². The molecule has 0 fully saturated rings. The Morgan fingerprint density at radius 2 is 1.95 bits per heavy atom. The van der Waals surface area contributed by atoms with E-state index in [2.05, 4.69) is 5.32 Å². The number of carbonyl (C=O) groups excluding carboxylic acids is 2. The first-order valence-corrected chi connectivity index (χ1v) is 6.88. The largest absolute Gasteiger partial charge is 0.459 e. The zero-order valence-corrected chi connectivity index (χ0v) is 12.4. The van der Waals surface area contributed by atoms with Crippen LogP contribution in [0.25, 0.3) is 0 Å². The number of hydrogen-bond acceptors (Lipinski definition) is 5. The van der Waals surface area contributed by atoms with Crippen LogP contribution in [0.5, 0.6) is 5.75 Å². The molecule has 2 rings (SSSR count). The van der Waals surface area contributed by atoms with Gasteiger partial charge in [0, 0.05) is 12.3 Å². The summed E-state index contributed by atoms with van der Waals surface area (Å²) in [5, 5.41) is 2.67. The summed E-state index contributed by atoms with van der Waals surface area (Å²) in [6, 6.07) is 9.66. The van der Waals surface area contributed by atoms with Gasteiger partial charge in [-0.3, -0.25) is 4.79 Å². The molecule has 0 radical (unpaired) electrons. The smallest absolute Gasteiger partial charge is 0.340 e. The van der Waals surface area contributed by atoms with Gasteiger partial charge < -0.3 is 19.2 Å². The molecule has 1 N–H and O–H groups in total. The molecule has 116 valence electrons. The lowest BCUT2D eigenvalue weighted by atomic mass is 10.3. The fourth-order valence-electron chi connectivity index (χ4n) is 1.72. The minimum Gasteiger partial charge on any atom is -0.459 e. The SMILES string of the molecule is CCO[C@H](C)C(=O)Oc1ccc(NC(=O)c2ccco2)cc1. The molecule has 0 spiro atoms. The molecule has 0 aliphatic heterocycles. The van der Waals surface area contributed by atoms with Crippen LogP contribution in [0.1, 0.15) is 24.4 Å². The molecule has 1 aromatic heterocycles. The quantitative estimate of drug-likeness (QED) is 0.656. The molecule has 0 unspecified atom stereocenters. The maximum absolute atomic E-state index is 11.8. The van der Waals surface area contributed by atoms with Gasteiger partial charge in [-0.15, -0.1) is 0 Å². The third kappa shape index (κ3) is 4.20. The first-order valence-electron chi connectivity index (χ1n) is 6.88. The Hall–Kier alpha value is -2.60. The van der Waals surface area contributed by atoms with Crippen molar-refractivity contribution in [2.45, 2.75) is 20.0 Å². The molecule has 0 saturated carbocycles. The number of hydrogen-bond donors (Lipinski definition) is 1. The molecule has 1 atom stereocenters. The Kier molecular flexibility index (Phi) is 5.32. The molecular formula is C16H17NO5. The second-order valence-electron chi connectivity index (χ2n) is 4.47. The van der Waals surface area contributed by atoms with Gasteiger partial charge in [0.05, 0.1) is 6.26 Å². The van der Waals surface area contributed by atoms with E-state index in [0.717, 1.165) is 0 Å². The molecule has 22 heavy (non-hydrogen) atoms. The van der Waals surface area contributed by atoms with Crippen LogP contribution in [0.3, 0.4) is 0 Å². The summed E-state index contributed by atoms with van der Waals surface area (Å²) < 4.78 is 15.3. The lowest BCUT2D eigenvalue weighted by Crippen LogP contribution is -2.25. The first-order chi connectivity index (χ1) is 10.6. The van der Waals surface area contributed by atoms with Crippen LogP contribution >= 0.6 is 0 Å². The monoisotopic (exact) mass is 303 g/mol. The van der Waals surface area contributed by atoms with E-state index in [1.54, 1.807) is 50.2 Å². The molecular weight excluding hydrogens is 286 g/mol.